The highest BCUT2D eigenvalue weighted by molar-refractivity contribution is 9.10. The minimum Gasteiger partial charge on any atom is -0.481 e. The number of rotatable bonds is 5. The average Bonchev–Trinajstić information content (AvgIpc) is 2.33. The number of amides is 2. The number of hydrogen-bond donors (Lipinski definition) is 3. The molecule has 1 rings (SSSR count). The predicted molar refractivity (Wildman–Crippen MR) is 77.3 cm³/mol. The summed E-state index contributed by atoms with van der Waals surface area (Å²) in [5.74, 6) is -1.47. The molecule has 19 heavy (non-hydrogen) atoms. The predicted octanol–water partition coefficient (Wildman–Crippen LogP) is 2.99. The number of nitrogens with one attached hydrogen (secondary N) is 2. The van der Waals surface area contributed by atoms with Gasteiger partial charge in [-0.3, -0.25) is 4.79 Å². The van der Waals surface area contributed by atoms with E-state index in [9.17, 15) is 9.59 Å². The summed E-state index contributed by atoms with van der Waals surface area (Å²) in [5, 5.41) is 14.1. The lowest BCUT2D eigenvalue weighted by molar-refractivity contribution is -0.141. The Morgan fingerprint density at radius 1 is 1.42 bits per heavy atom. The second kappa shape index (κ2) is 7.13. The molecule has 0 fully saturated rings. The molecular formula is C13H17BrN2O3. The van der Waals surface area contributed by atoms with Crippen LogP contribution in [0.5, 0.6) is 0 Å². The van der Waals surface area contributed by atoms with Gasteiger partial charge in [0, 0.05) is 11.0 Å². The number of aliphatic carboxylic acids is 1. The number of carbonyl (C=O) groups is 2. The van der Waals surface area contributed by atoms with Gasteiger partial charge >= 0.3 is 12.0 Å². The number of hydrogen-bond acceptors (Lipinski definition) is 2. The quantitative estimate of drug-likeness (QED) is 0.777. The van der Waals surface area contributed by atoms with Crippen molar-refractivity contribution in [2.24, 2.45) is 5.92 Å². The van der Waals surface area contributed by atoms with E-state index < -0.39 is 17.9 Å². The molecule has 0 saturated heterocycles. The van der Waals surface area contributed by atoms with E-state index >= 15 is 0 Å². The van der Waals surface area contributed by atoms with E-state index in [1.807, 2.05) is 19.1 Å². The maximum atomic E-state index is 11.7. The zero-order valence-corrected chi connectivity index (χ0v) is 12.5. The minimum absolute atomic E-state index is 0.112. The summed E-state index contributed by atoms with van der Waals surface area (Å²) in [5.41, 5.74) is 1.72. The Bertz CT molecular complexity index is 477. The molecule has 1 aromatic rings. The molecule has 2 amide bonds. The minimum atomic E-state index is -0.903. The van der Waals surface area contributed by atoms with Crippen molar-refractivity contribution in [3.63, 3.8) is 0 Å². The number of halogens is 1. The molecule has 0 spiro atoms. The Kier molecular flexibility index (Phi) is 5.82. The van der Waals surface area contributed by atoms with Gasteiger partial charge in [0.25, 0.3) is 0 Å². The second-order valence-electron chi connectivity index (χ2n) is 4.26. The summed E-state index contributed by atoms with van der Waals surface area (Å²) in [6, 6.07) is 5.14. The van der Waals surface area contributed by atoms with Crippen LogP contribution in [-0.4, -0.2) is 23.7 Å². The molecule has 0 heterocycles. The van der Waals surface area contributed by atoms with Crippen molar-refractivity contribution in [3.8, 4) is 0 Å². The highest BCUT2D eigenvalue weighted by Gasteiger charge is 2.16. The Hall–Kier alpha value is -1.56. The lowest BCUT2D eigenvalue weighted by Crippen LogP contribution is -2.35. The summed E-state index contributed by atoms with van der Waals surface area (Å²) in [6.07, 6.45) is 0.476. The number of anilines is 1. The van der Waals surface area contributed by atoms with E-state index in [1.165, 1.54) is 0 Å². The molecule has 0 aliphatic carbocycles. The van der Waals surface area contributed by atoms with Crippen molar-refractivity contribution in [1.29, 1.82) is 0 Å². The topological polar surface area (TPSA) is 78.4 Å². The lowest BCUT2D eigenvalue weighted by Gasteiger charge is -2.13. The average molecular weight is 329 g/mol. The fourth-order valence-electron chi connectivity index (χ4n) is 1.51. The van der Waals surface area contributed by atoms with Gasteiger partial charge in [0.15, 0.2) is 0 Å². The Balaban J connectivity index is 2.53. The van der Waals surface area contributed by atoms with Crippen molar-refractivity contribution in [2.75, 3.05) is 11.9 Å². The zero-order chi connectivity index (χ0) is 14.4. The van der Waals surface area contributed by atoms with Gasteiger partial charge in [-0.1, -0.05) is 13.0 Å². The van der Waals surface area contributed by atoms with Crippen LogP contribution < -0.4 is 10.6 Å². The van der Waals surface area contributed by atoms with Crippen LogP contribution in [0, 0.1) is 12.8 Å². The van der Waals surface area contributed by atoms with Gasteiger partial charge < -0.3 is 15.7 Å². The first-order chi connectivity index (χ1) is 8.93. The van der Waals surface area contributed by atoms with E-state index in [4.69, 9.17) is 5.11 Å². The van der Waals surface area contributed by atoms with Gasteiger partial charge in [-0.05, 0) is 47.0 Å². The third-order valence-corrected chi connectivity index (χ3v) is 3.38. The fourth-order valence-corrected chi connectivity index (χ4v) is 2.10. The molecule has 104 valence electrons. The van der Waals surface area contributed by atoms with Crippen LogP contribution in [0.25, 0.3) is 0 Å². The standard InChI is InChI=1S/C13H17BrN2O3/c1-3-9(12(17)18)7-15-13(19)16-11-5-4-8(2)6-10(11)14/h4-6,9H,3,7H2,1-2H3,(H,17,18)(H2,15,16,19). The van der Waals surface area contributed by atoms with E-state index in [1.54, 1.807) is 13.0 Å². The van der Waals surface area contributed by atoms with Gasteiger partial charge in [0.2, 0.25) is 0 Å². The first-order valence-electron chi connectivity index (χ1n) is 5.97. The molecular weight excluding hydrogens is 312 g/mol. The smallest absolute Gasteiger partial charge is 0.319 e. The summed E-state index contributed by atoms with van der Waals surface area (Å²) in [6.45, 7) is 3.84. The summed E-state index contributed by atoms with van der Waals surface area (Å²) >= 11 is 3.36. The molecule has 0 saturated carbocycles. The Morgan fingerprint density at radius 3 is 2.63 bits per heavy atom. The zero-order valence-electron chi connectivity index (χ0n) is 10.9. The maximum absolute atomic E-state index is 11.7. The molecule has 3 N–H and O–H groups in total. The van der Waals surface area contributed by atoms with Crippen LogP contribution in [-0.2, 0) is 4.79 Å². The Labute approximate surface area is 120 Å². The SMILES string of the molecule is CCC(CNC(=O)Nc1ccc(C)cc1Br)C(=O)O. The molecule has 6 heteroatoms. The van der Waals surface area contributed by atoms with E-state index in [0.29, 0.717) is 12.1 Å². The largest absolute Gasteiger partial charge is 0.481 e. The summed E-state index contributed by atoms with van der Waals surface area (Å²) < 4.78 is 0.785. The van der Waals surface area contributed by atoms with Gasteiger partial charge in [0.1, 0.15) is 0 Å². The normalized spacial score (nSPS) is 11.7. The number of urea groups is 1. The van der Waals surface area contributed by atoms with Crippen molar-refractivity contribution < 1.29 is 14.7 Å². The lowest BCUT2D eigenvalue weighted by atomic mass is 10.1. The Morgan fingerprint density at radius 2 is 2.11 bits per heavy atom. The molecule has 1 atom stereocenters. The van der Waals surface area contributed by atoms with Crippen molar-refractivity contribution in [3.05, 3.63) is 28.2 Å². The molecule has 0 aromatic heterocycles. The maximum Gasteiger partial charge on any atom is 0.319 e. The van der Waals surface area contributed by atoms with Crippen LogP contribution >= 0.6 is 15.9 Å². The van der Waals surface area contributed by atoms with Crippen LogP contribution in [0.2, 0.25) is 0 Å². The summed E-state index contributed by atoms with van der Waals surface area (Å²) in [7, 11) is 0. The third kappa shape index (κ3) is 4.90. The molecule has 1 aromatic carbocycles. The van der Waals surface area contributed by atoms with E-state index in [0.717, 1.165) is 10.0 Å². The summed E-state index contributed by atoms with van der Waals surface area (Å²) in [4.78, 5) is 22.5. The van der Waals surface area contributed by atoms with Crippen molar-refractivity contribution in [2.45, 2.75) is 20.3 Å². The third-order valence-electron chi connectivity index (χ3n) is 2.72. The highest BCUT2D eigenvalue weighted by Crippen LogP contribution is 2.23. The monoisotopic (exact) mass is 328 g/mol. The van der Waals surface area contributed by atoms with Crippen LogP contribution in [0.3, 0.4) is 0 Å². The van der Waals surface area contributed by atoms with Crippen LogP contribution in [0.1, 0.15) is 18.9 Å². The fraction of sp³-hybridized carbons (Fsp3) is 0.385. The van der Waals surface area contributed by atoms with Crippen molar-refractivity contribution >= 4 is 33.6 Å². The van der Waals surface area contributed by atoms with Crippen LogP contribution in [0.4, 0.5) is 10.5 Å². The number of aryl methyl sites for hydroxylation is 1. The van der Waals surface area contributed by atoms with Crippen molar-refractivity contribution in [1.82, 2.24) is 5.32 Å². The second-order valence-corrected chi connectivity index (χ2v) is 5.12. The van der Waals surface area contributed by atoms with E-state index in [-0.39, 0.29) is 6.54 Å². The number of carboxylic acids is 1. The number of carboxylic acid groups (broad SMARTS) is 1. The molecule has 5 nitrogen and oxygen atoms in total. The van der Waals surface area contributed by atoms with Gasteiger partial charge in [-0.2, -0.15) is 0 Å². The molecule has 0 aliphatic rings. The van der Waals surface area contributed by atoms with Gasteiger partial charge in [-0.15, -0.1) is 0 Å². The number of carbonyl (C=O) groups excluding carboxylic acids is 1. The first kappa shape index (κ1) is 15.5. The van der Waals surface area contributed by atoms with Crippen LogP contribution in [0.15, 0.2) is 22.7 Å². The van der Waals surface area contributed by atoms with Gasteiger partial charge in [-0.25, -0.2) is 4.79 Å². The first-order valence-corrected chi connectivity index (χ1v) is 6.77. The van der Waals surface area contributed by atoms with E-state index in [2.05, 4.69) is 26.6 Å². The molecule has 0 radical (unpaired) electrons. The number of benzene rings is 1. The molecule has 0 bridgehead atoms. The molecule has 0 aliphatic heterocycles. The highest BCUT2D eigenvalue weighted by atomic mass is 79.9. The van der Waals surface area contributed by atoms with Gasteiger partial charge in [0.05, 0.1) is 11.6 Å². The molecule has 1 unspecified atom stereocenters.